The summed E-state index contributed by atoms with van der Waals surface area (Å²) in [5, 5.41) is 0. The van der Waals surface area contributed by atoms with E-state index in [4.69, 9.17) is 9.47 Å². The van der Waals surface area contributed by atoms with Crippen molar-refractivity contribution in [2.24, 2.45) is 5.92 Å². The fraction of sp³-hybridized carbons (Fsp3) is 0.929. The Balaban J connectivity index is 5.52. The van der Waals surface area contributed by atoms with Gasteiger partial charge in [0.2, 0.25) is 0 Å². The van der Waals surface area contributed by atoms with Crippen LogP contribution in [0.5, 0.6) is 0 Å². The van der Waals surface area contributed by atoms with E-state index in [-0.39, 0.29) is 11.9 Å². The molecule has 0 aromatic rings. The molecule has 0 N–H and O–H groups in total. The summed E-state index contributed by atoms with van der Waals surface area (Å²) in [5.74, 6) is -1.56. The van der Waals surface area contributed by atoms with Crippen LogP contribution in [-0.4, -0.2) is 23.1 Å². The molecule has 0 heterocycles. The van der Waals surface area contributed by atoms with Gasteiger partial charge in [-0.25, -0.2) is 0 Å². The van der Waals surface area contributed by atoms with Crippen molar-refractivity contribution >= 4 is 11.9 Å². The standard InChI is InChI=1S/C28H54O4/c1-8-15-18-21-24(25(29)31-27(11-4,12-5)22-19-16-9-2)26(30)32-28(13-6,14-7)23-20-17-10-3/h24H,8-23H2,1-7H3. The maximum absolute atomic E-state index is 13.3. The number of carbonyl (C=O) groups is 2. The Hall–Kier alpha value is -1.06. The number of unbranched alkanes of at least 4 members (excludes halogenated alkanes) is 6. The zero-order valence-corrected chi connectivity index (χ0v) is 22.5. The van der Waals surface area contributed by atoms with Crippen LogP contribution in [0.1, 0.15) is 151 Å². The molecule has 0 atom stereocenters. The molecule has 4 heteroatoms. The minimum absolute atomic E-state index is 0.374. The van der Waals surface area contributed by atoms with Crippen molar-refractivity contribution in [1.29, 1.82) is 0 Å². The van der Waals surface area contributed by atoms with Gasteiger partial charge in [0.1, 0.15) is 11.2 Å². The predicted molar refractivity (Wildman–Crippen MR) is 135 cm³/mol. The van der Waals surface area contributed by atoms with E-state index in [1.807, 2.05) is 0 Å². The topological polar surface area (TPSA) is 52.6 Å². The molecule has 0 aliphatic rings. The first-order valence-electron chi connectivity index (χ1n) is 13.8. The molecule has 0 fully saturated rings. The summed E-state index contributed by atoms with van der Waals surface area (Å²) >= 11 is 0. The molecule has 0 spiro atoms. The van der Waals surface area contributed by atoms with Crippen molar-refractivity contribution in [3.05, 3.63) is 0 Å². The van der Waals surface area contributed by atoms with Crippen molar-refractivity contribution in [2.75, 3.05) is 0 Å². The number of rotatable bonds is 20. The van der Waals surface area contributed by atoms with Crippen LogP contribution in [0.25, 0.3) is 0 Å². The summed E-state index contributed by atoms with van der Waals surface area (Å²) in [7, 11) is 0. The van der Waals surface area contributed by atoms with E-state index in [1.54, 1.807) is 0 Å². The second-order valence-corrected chi connectivity index (χ2v) is 9.59. The van der Waals surface area contributed by atoms with Gasteiger partial charge in [-0.3, -0.25) is 9.59 Å². The molecule has 0 saturated carbocycles. The Kier molecular flexibility index (Phi) is 16.8. The Morgan fingerprint density at radius 2 is 0.906 bits per heavy atom. The molecule has 0 unspecified atom stereocenters. The van der Waals surface area contributed by atoms with E-state index in [9.17, 15) is 9.59 Å². The average Bonchev–Trinajstić information content (AvgIpc) is 2.80. The van der Waals surface area contributed by atoms with E-state index in [0.717, 1.165) is 96.3 Å². The van der Waals surface area contributed by atoms with Crippen LogP contribution < -0.4 is 0 Å². The molecule has 0 radical (unpaired) electrons. The van der Waals surface area contributed by atoms with Gasteiger partial charge < -0.3 is 9.47 Å². The Morgan fingerprint density at radius 1 is 0.562 bits per heavy atom. The smallest absolute Gasteiger partial charge is 0.320 e. The highest BCUT2D eigenvalue weighted by atomic mass is 16.6. The first kappa shape index (κ1) is 30.9. The molecule has 0 aliphatic carbocycles. The number of hydrogen-bond acceptors (Lipinski definition) is 4. The summed E-state index contributed by atoms with van der Waals surface area (Å²) in [6.07, 6.45) is 14.9. The summed E-state index contributed by atoms with van der Waals surface area (Å²) in [5.41, 5.74) is -0.938. The van der Waals surface area contributed by atoms with Gasteiger partial charge in [-0.05, 0) is 57.8 Å². The van der Waals surface area contributed by atoms with E-state index < -0.39 is 17.1 Å². The molecule has 4 nitrogen and oxygen atoms in total. The molecule has 0 aromatic heterocycles. The summed E-state index contributed by atoms with van der Waals surface area (Å²) in [6.45, 7) is 14.8. The molecule has 190 valence electrons. The first-order chi connectivity index (χ1) is 15.3. The van der Waals surface area contributed by atoms with Gasteiger partial charge in [0, 0.05) is 0 Å². The van der Waals surface area contributed by atoms with Crippen molar-refractivity contribution in [1.82, 2.24) is 0 Å². The number of esters is 2. The lowest BCUT2D eigenvalue weighted by atomic mass is 9.89. The molecular weight excluding hydrogens is 400 g/mol. The molecule has 0 aromatic carbocycles. The lowest BCUT2D eigenvalue weighted by Gasteiger charge is -2.35. The van der Waals surface area contributed by atoms with Crippen LogP contribution in [0.4, 0.5) is 0 Å². The van der Waals surface area contributed by atoms with E-state index >= 15 is 0 Å². The molecule has 0 aliphatic heterocycles. The zero-order chi connectivity index (χ0) is 24.5. The Labute approximate surface area is 199 Å². The second kappa shape index (κ2) is 17.4. The minimum atomic E-state index is -0.811. The number of carbonyl (C=O) groups excluding carboxylic acids is 2. The molecule has 0 rings (SSSR count). The third-order valence-corrected chi connectivity index (χ3v) is 7.35. The largest absolute Gasteiger partial charge is 0.458 e. The lowest BCUT2D eigenvalue weighted by Crippen LogP contribution is -2.42. The van der Waals surface area contributed by atoms with Gasteiger partial charge in [-0.2, -0.15) is 0 Å². The molecule has 32 heavy (non-hydrogen) atoms. The maximum Gasteiger partial charge on any atom is 0.320 e. The Morgan fingerprint density at radius 3 is 1.22 bits per heavy atom. The monoisotopic (exact) mass is 454 g/mol. The fourth-order valence-corrected chi connectivity index (χ4v) is 4.49. The molecular formula is C28H54O4. The van der Waals surface area contributed by atoms with Crippen molar-refractivity contribution < 1.29 is 19.1 Å². The highest BCUT2D eigenvalue weighted by molar-refractivity contribution is 5.95. The lowest BCUT2D eigenvalue weighted by molar-refractivity contribution is -0.182. The number of ether oxygens (including phenoxy) is 2. The zero-order valence-electron chi connectivity index (χ0n) is 22.5. The van der Waals surface area contributed by atoms with Gasteiger partial charge in [-0.15, -0.1) is 0 Å². The normalized spacial score (nSPS) is 12.2. The third-order valence-electron chi connectivity index (χ3n) is 7.35. The highest BCUT2D eigenvalue weighted by Gasteiger charge is 2.39. The summed E-state index contributed by atoms with van der Waals surface area (Å²) in [4.78, 5) is 26.7. The average molecular weight is 455 g/mol. The molecule has 0 amide bonds. The van der Waals surface area contributed by atoms with Crippen molar-refractivity contribution in [2.45, 2.75) is 162 Å². The fourth-order valence-electron chi connectivity index (χ4n) is 4.49. The van der Waals surface area contributed by atoms with Crippen molar-refractivity contribution in [3.63, 3.8) is 0 Å². The molecule has 0 bridgehead atoms. The van der Waals surface area contributed by atoms with Crippen molar-refractivity contribution in [3.8, 4) is 0 Å². The SMILES string of the molecule is CCCCCC(C(=O)OC(CC)(CC)CCCCC)C(=O)OC(CC)(CC)CCCCC. The summed E-state index contributed by atoms with van der Waals surface area (Å²) in [6, 6.07) is 0. The van der Waals surface area contributed by atoms with Crippen LogP contribution >= 0.6 is 0 Å². The van der Waals surface area contributed by atoms with Crippen LogP contribution in [-0.2, 0) is 19.1 Å². The highest BCUT2D eigenvalue weighted by Crippen LogP contribution is 2.32. The maximum atomic E-state index is 13.3. The number of hydrogen-bond donors (Lipinski definition) is 0. The van der Waals surface area contributed by atoms with Gasteiger partial charge in [0.15, 0.2) is 5.92 Å². The van der Waals surface area contributed by atoms with Crippen LogP contribution in [0.15, 0.2) is 0 Å². The van der Waals surface area contributed by atoms with Crippen LogP contribution in [0.2, 0.25) is 0 Å². The Bertz CT molecular complexity index is 452. The second-order valence-electron chi connectivity index (χ2n) is 9.59. The third kappa shape index (κ3) is 10.7. The van der Waals surface area contributed by atoms with E-state index in [2.05, 4.69) is 48.5 Å². The predicted octanol–water partition coefficient (Wildman–Crippen LogP) is 8.55. The quantitative estimate of drug-likeness (QED) is 0.105. The van der Waals surface area contributed by atoms with Gasteiger partial charge in [0.25, 0.3) is 0 Å². The van der Waals surface area contributed by atoms with Crippen LogP contribution in [0.3, 0.4) is 0 Å². The van der Waals surface area contributed by atoms with Gasteiger partial charge in [-0.1, -0.05) is 93.4 Å². The van der Waals surface area contributed by atoms with E-state index in [1.165, 1.54) is 0 Å². The minimum Gasteiger partial charge on any atom is -0.458 e. The first-order valence-corrected chi connectivity index (χ1v) is 13.8. The van der Waals surface area contributed by atoms with Gasteiger partial charge >= 0.3 is 11.9 Å². The molecule has 0 saturated heterocycles. The van der Waals surface area contributed by atoms with E-state index in [0.29, 0.717) is 6.42 Å². The van der Waals surface area contributed by atoms with Gasteiger partial charge in [0.05, 0.1) is 0 Å². The summed E-state index contributed by atoms with van der Waals surface area (Å²) < 4.78 is 12.3. The van der Waals surface area contributed by atoms with Crippen LogP contribution in [0, 0.1) is 5.92 Å².